The van der Waals surface area contributed by atoms with Crippen molar-refractivity contribution in [2.24, 2.45) is 5.41 Å². The Kier molecular flexibility index (Phi) is 7.10. The molecule has 0 spiro atoms. The van der Waals surface area contributed by atoms with Crippen molar-refractivity contribution in [1.29, 1.82) is 0 Å². The number of nitrogens with one attached hydrogen (secondary N) is 1. The summed E-state index contributed by atoms with van der Waals surface area (Å²) in [5.41, 5.74) is 0.175. The van der Waals surface area contributed by atoms with Crippen LogP contribution in [-0.4, -0.2) is 48.4 Å². The standard InChI is InChI=1S/C26H33N3O6/c1-16-10-11-18-19(13-16)28(15-20(30)21-9-8-12-34-21)22(31)17(27-24(33)35-26(5,6)7)14-29(18)23(32)25(2,3)4/h8-13,17H,14-15H2,1-7H3,(H,27,33). The molecule has 9 heteroatoms. The second kappa shape index (κ2) is 9.56. The molecule has 0 saturated carbocycles. The molecule has 3 amide bonds. The highest BCUT2D eigenvalue weighted by Gasteiger charge is 2.41. The van der Waals surface area contributed by atoms with Crippen LogP contribution in [0.2, 0.25) is 0 Å². The van der Waals surface area contributed by atoms with Crippen molar-refractivity contribution >= 4 is 35.1 Å². The van der Waals surface area contributed by atoms with Crippen molar-refractivity contribution in [1.82, 2.24) is 5.32 Å². The van der Waals surface area contributed by atoms with Crippen LogP contribution < -0.4 is 15.1 Å². The van der Waals surface area contributed by atoms with Crippen LogP contribution >= 0.6 is 0 Å². The molecular formula is C26H33N3O6. The number of nitrogens with zero attached hydrogens (tertiary/aromatic N) is 2. The molecule has 1 aliphatic heterocycles. The lowest BCUT2D eigenvalue weighted by atomic mass is 9.94. The normalized spacial score (nSPS) is 16.4. The topological polar surface area (TPSA) is 109 Å². The van der Waals surface area contributed by atoms with Crippen LogP contribution in [0.15, 0.2) is 41.0 Å². The molecule has 0 aliphatic carbocycles. The molecule has 2 heterocycles. The van der Waals surface area contributed by atoms with Crippen molar-refractivity contribution < 1.29 is 28.3 Å². The van der Waals surface area contributed by atoms with Gasteiger partial charge in [-0.05, 0) is 57.5 Å². The van der Waals surface area contributed by atoms with Gasteiger partial charge < -0.3 is 24.3 Å². The van der Waals surface area contributed by atoms with E-state index in [-0.39, 0.29) is 24.8 Å². The van der Waals surface area contributed by atoms with Crippen molar-refractivity contribution in [3.8, 4) is 0 Å². The van der Waals surface area contributed by atoms with E-state index in [0.717, 1.165) is 5.56 Å². The molecule has 1 atom stereocenters. The molecule has 0 fully saturated rings. The first-order valence-electron chi connectivity index (χ1n) is 11.5. The molecule has 0 bridgehead atoms. The highest BCUT2D eigenvalue weighted by Crippen LogP contribution is 2.36. The number of anilines is 2. The molecule has 1 aromatic heterocycles. The maximum Gasteiger partial charge on any atom is 0.408 e. The van der Waals surface area contributed by atoms with Gasteiger partial charge in [0.2, 0.25) is 11.7 Å². The number of amides is 3. The van der Waals surface area contributed by atoms with Crippen LogP contribution in [0.4, 0.5) is 16.2 Å². The van der Waals surface area contributed by atoms with Crippen molar-refractivity contribution in [3.05, 3.63) is 47.9 Å². The number of fused-ring (bicyclic) bond motifs is 1. The molecule has 1 aliphatic rings. The third-order valence-electron chi connectivity index (χ3n) is 5.32. The van der Waals surface area contributed by atoms with Gasteiger partial charge in [-0.25, -0.2) is 4.79 Å². The van der Waals surface area contributed by atoms with E-state index in [1.54, 1.807) is 59.7 Å². The molecule has 1 N–H and O–H groups in total. The van der Waals surface area contributed by atoms with Crippen molar-refractivity contribution in [2.45, 2.75) is 60.1 Å². The molecular weight excluding hydrogens is 450 g/mol. The molecule has 1 aromatic carbocycles. The van der Waals surface area contributed by atoms with Gasteiger partial charge in [-0.15, -0.1) is 0 Å². The summed E-state index contributed by atoms with van der Waals surface area (Å²) in [6.45, 7) is 11.9. The van der Waals surface area contributed by atoms with Gasteiger partial charge in [0.15, 0.2) is 5.76 Å². The third-order valence-corrected chi connectivity index (χ3v) is 5.32. The number of ether oxygens (including phenoxy) is 1. The van der Waals surface area contributed by atoms with E-state index in [1.807, 2.05) is 13.0 Å². The molecule has 0 radical (unpaired) electrons. The van der Waals surface area contributed by atoms with E-state index in [0.29, 0.717) is 11.4 Å². The second-order valence-corrected chi connectivity index (χ2v) is 10.7. The molecule has 35 heavy (non-hydrogen) atoms. The Bertz CT molecular complexity index is 1120. The van der Waals surface area contributed by atoms with Gasteiger partial charge >= 0.3 is 6.09 Å². The predicted octanol–water partition coefficient (Wildman–Crippen LogP) is 4.09. The van der Waals surface area contributed by atoms with Crippen LogP contribution in [0.3, 0.4) is 0 Å². The first-order chi connectivity index (χ1) is 16.2. The van der Waals surface area contributed by atoms with E-state index in [4.69, 9.17) is 9.15 Å². The smallest absolute Gasteiger partial charge is 0.408 e. The number of aryl methyl sites for hydroxylation is 1. The van der Waals surface area contributed by atoms with Gasteiger partial charge in [-0.3, -0.25) is 14.4 Å². The van der Waals surface area contributed by atoms with E-state index in [2.05, 4.69) is 5.32 Å². The fourth-order valence-electron chi connectivity index (χ4n) is 3.72. The van der Waals surface area contributed by atoms with E-state index in [1.165, 1.54) is 22.1 Å². The molecule has 1 unspecified atom stereocenters. The predicted molar refractivity (Wildman–Crippen MR) is 132 cm³/mol. The Morgan fingerprint density at radius 1 is 1.09 bits per heavy atom. The van der Waals surface area contributed by atoms with Crippen molar-refractivity contribution in [2.75, 3.05) is 22.9 Å². The summed E-state index contributed by atoms with van der Waals surface area (Å²) < 4.78 is 10.6. The Morgan fingerprint density at radius 3 is 2.34 bits per heavy atom. The van der Waals surface area contributed by atoms with Gasteiger partial charge in [0, 0.05) is 5.41 Å². The number of hydrogen-bond acceptors (Lipinski definition) is 6. The average molecular weight is 484 g/mol. The van der Waals surface area contributed by atoms with Crippen LogP contribution in [0.5, 0.6) is 0 Å². The lowest BCUT2D eigenvalue weighted by Crippen LogP contribution is -2.55. The van der Waals surface area contributed by atoms with Gasteiger partial charge in [-0.2, -0.15) is 0 Å². The number of furan rings is 1. The monoisotopic (exact) mass is 483 g/mol. The van der Waals surface area contributed by atoms with Crippen LogP contribution in [0, 0.1) is 12.3 Å². The van der Waals surface area contributed by atoms with Gasteiger partial charge in [0.05, 0.1) is 30.7 Å². The lowest BCUT2D eigenvalue weighted by molar-refractivity contribution is -0.126. The number of Topliss-reactive ketones (excluding diaryl/α,β-unsaturated/α-hetero) is 1. The molecule has 9 nitrogen and oxygen atoms in total. The zero-order valence-electron chi connectivity index (χ0n) is 21.3. The number of alkyl carbamates (subject to hydrolysis) is 1. The Balaban J connectivity index is 2.09. The minimum absolute atomic E-state index is 0.107. The SMILES string of the molecule is Cc1ccc2c(c1)N(CC(=O)c1ccco1)C(=O)C(NC(=O)OC(C)(C)C)CN2C(=O)C(C)(C)C. The summed E-state index contributed by atoms with van der Waals surface area (Å²) >= 11 is 0. The molecule has 3 rings (SSSR count). The number of carbonyl (C=O) groups is 4. The number of hydrogen-bond donors (Lipinski definition) is 1. The highest BCUT2D eigenvalue weighted by molar-refractivity contribution is 6.12. The summed E-state index contributed by atoms with van der Waals surface area (Å²) in [7, 11) is 0. The maximum absolute atomic E-state index is 13.8. The summed E-state index contributed by atoms with van der Waals surface area (Å²) in [5, 5.41) is 2.61. The summed E-state index contributed by atoms with van der Waals surface area (Å²) in [6, 6.07) is 7.30. The minimum atomic E-state index is -1.15. The molecule has 2 aromatic rings. The van der Waals surface area contributed by atoms with E-state index in [9.17, 15) is 19.2 Å². The molecule has 188 valence electrons. The summed E-state index contributed by atoms with van der Waals surface area (Å²) in [4.78, 5) is 55.6. The minimum Gasteiger partial charge on any atom is -0.461 e. The second-order valence-electron chi connectivity index (χ2n) is 10.7. The van der Waals surface area contributed by atoms with Crippen LogP contribution in [0.1, 0.15) is 57.7 Å². The van der Waals surface area contributed by atoms with E-state index >= 15 is 0 Å². The average Bonchev–Trinajstić information content (AvgIpc) is 3.24. The largest absolute Gasteiger partial charge is 0.461 e. The summed E-state index contributed by atoms with van der Waals surface area (Å²) in [5.74, 6) is -1.07. The fourth-order valence-corrected chi connectivity index (χ4v) is 3.72. The first-order valence-corrected chi connectivity index (χ1v) is 11.5. The van der Waals surface area contributed by atoms with Crippen molar-refractivity contribution in [3.63, 3.8) is 0 Å². The van der Waals surface area contributed by atoms with Crippen LogP contribution in [0.25, 0.3) is 0 Å². The Labute approximate surface area is 205 Å². The third kappa shape index (κ3) is 6.09. The Hall–Kier alpha value is -3.62. The Morgan fingerprint density at radius 2 is 1.77 bits per heavy atom. The number of benzene rings is 1. The highest BCUT2D eigenvalue weighted by atomic mass is 16.6. The fraction of sp³-hybridized carbons (Fsp3) is 0.462. The zero-order valence-corrected chi connectivity index (χ0v) is 21.3. The number of ketones is 1. The quantitative estimate of drug-likeness (QED) is 0.656. The zero-order chi connectivity index (χ0) is 26.1. The van der Waals surface area contributed by atoms with Gasteiger partial charge in [0.1, 0.15) is 11.6 Å². The van der Waals surface area contributed by atoms with Gasteiger partial charge in [0.25, 0.3) is 5.91 Å². The number of rotatable bonds is 4. The maximum atomic E-state index is 13.8. The summed E-state index contributed by atoms with van der Waals surface area (Å²) in [6.07, 6.45) is 0.588. The number of carbonyl (C=O) groups excluding carboxylic acids is 4. The van der Waals surface area contributed by atoms with Crippen LogP contribution in [-0.2, 0) is 14.3 Å². The van der Waals surface area contributed by atoms with E-state index < -0.39 is 34.8 Å². The van der Waals surface area contributed by atoms with Gasteiger partial charge in [-0.1, -0.05) is 26.8 Å². The first kappa shape index (κ1) is 26.0. The lowest BCUT2D eigenvalue weighted by Gasteiger charge is -2.31. The molecule has 0 saturated heterocycles.